The normalized spacial score (nSPS) is 11.1. The Labute approximate surface area is 132 Å². The van der Waals surface area contributed by atoms with Crippen LogP contribution >= 0.6 is 11.6 Å². The van der Waals surface area contributed by atoms with E-state index in [1.807, 2.05) is 0 Å². The Morgan fingerprint density at radius 2 is 1.73 bits per heavy atom. The van der Waals surface area contributed by atoms with Gasteiger partial charge in [-0.1, -0.05) is 11.6 Å². The summed E-state index contributed by atoms with van der Waals surface area (Å²) in [7, 11) is -1.23. The summed E-state index contributed by atoms with van der Waals surface area (Å²) in [5.41, 5.74) is 0.206. The lowest BCUT2D eigenvalue weighted by Crippen LogP contribution is -2.14. The average Bonchev–Trinajstić information content (AvgIpc) is 2.49. The Morgan fingerprint density at radius 3 is 2.36 bits per heavy atom. The van der Waals surface area contributed by atoms with Gasteiger partial charge in [-0.25, -0.2) is 12.8 Å². The standard InChI is InChI=1S/C14H13ClFNO4S/c1-20-12-6-4-10(8-13(12)21-2)17-22(18,19)14-7-9(15)3-5-11(14)16/h3-8,17H,1-2H3. The number of hydrogen-bond acceptors (Lipinski definition) is 4. The van der Waals surface area contributed by atoms with Gasteiger partial charge in [0.05, 0.1) is 19.9 Å². The van der Waals surface area contributed by atoms with Crippen LogP contribution in [0, 0.1) is 5.82 Å². The molecule has 8 heteroatoms. The fraction of sp³-hybridized carbons (Fsp3) is 0.143. The van der Waals surface area contributed by atoms with Crippen molar-refractivity contribution in [1.29, 1.82) is 0 Å². The van der Waals surface area contributed by atoms with Crippen LogP contribution in [0.4, 0.5) is 10.1 Å². The highest BCUT2D eigenvalue weighted by molar-refractivity contribution is 7.92. The monoisotopic (exact) mass is 345 g/mol. The van der Waals surface area contributed by atoms with Crippen molar-refractivity contribution in [1.82, 2.24) is 0 Å². The first-order chi connectivity index (χ1) is 10.4. The lowest BCUT2D eigenvalue weighted by molar-refractivity contribution is 0.355. The molecule has 118 valence electrons. The lowest BCUT2D eigenvalue weighted by Gasteiger charge is -2.12. The van der Waals surface area contributed by atoms with E-state index in [2.05, 4.69) is 4.72 Å². The van der Waals surface area contributed by atoms with E-state index in [0.29, 0.717) is 11.5 Å². The zero-order valence-corrected chi connectivity index (χ0v) is 13.3. The van der Waals surface area contributed by atoms with Crippen molar-refractivity contribution in [3.63, 3.8) is 0 Å². The van der Waals surface area contributed by atoms with Crippen molar-refractivity contribution in [2.45, 2.75) is 4.90 Å². The number of methoxy groups -OCH3 is 2. The van der Waals surface area contributed by atoms with Gasteiger partial charge in [-0.3, -0.25) is 4.72 Å². The van der Waals surface area contributed by atoms with Crippen molar-refractivity contribution in [2.24, 2.45) is 0 Å². The summed E-state index contributed by atoms with van der Waals surface area (Å²) in [6, 6.07) is 7.74. The van der Waals surface area contributed by atoms with Crippen LogP contribution < -0.4 is 14.2 Å². The van der Waals surface area contributed by atoms with E-state index in [4.69, 9.17) is 21.1 Å². The molecule has 2 rings (SSSR count). The van der Waals surface area contributed by atoms with Crippen LogP contribution in [-0.2, 0) is 10.0 Å². The van der Waals surface area contributed by atoms with Gasteiger partial charge in [-0.15, -0.1) is 0 Å². The van der Waals surface area contributed by atoms with Crippen LogP contribution in [0.1, 0.15) is 0 Å². The number of nitrogens with one attached hydrogen (secondary N) is 1. The first-order valence-electron chi connectivity index (χ1n) is 6.07. The molecule has 0 aliphatic rings. The maximum absolute atomic E-state index is 13.7. The van der Waals surface area contributed by atoms with E-state index >= 15 is 0 Å². The quantitative estimate of drug-likeness (QED) is 0.903. The minimum atomic E-state index is -4.12. The van der Waals surface area contributed by atoms with Gasteiger partial charge in [0.15, 0.2) is 11.5 Å². The Bertz CT molecular complexity index is 795. The summed E-state index contributed by atoms with van der Waals surface area (Å²) < 4.78 is 50.6. The van der Waals surface area contributed by atoms with E-state index in [1.54, 1.807) is 0 Å². The molecule has 0 fully saturated rings. The van der Waals surface area contributed by atoms with Crippen LogP contribution in [0.15, 0.2) is 41.3 Å². The molecule has 22 heavy (non-hydrogen) atoms. The molecule has 0 spiro atoms. The Kier molecular flexibility index (Phi) is 4.77. The minimum Gasteiger partial charge on any atom is -0.493 e. The third-order valence-corrected chi connectivity index (χ3v) is 4.45. The highest BCUT2D eigenvalue weighted by Gasteiger charge is 2.20. The SMILES string of the molecule is COc1ccc(NS(=O)(=O)c2cc(Cl)ccc2F)cc1OC. The van der Waals surface area contributed by atoms with Gasteiger partial charge < -0.3 is 9.47 Å². The molecular formula is C14H13ClFNO4S. The maximum Gasteiger partial charge on any atom is 0.264 e. The predicted octanol–water partition coefficient (Wildman–Crippen LogP) is 3.30. The summed E-state index contributed by atoms with van der Waals surface area (Å²) in [6.07, 6.45) is 0. The molecular weight excluding hydrogens is 333 g/mol. The number of anilines is 1. The van der Waals surface area contributed by atoms with Gasteiger partial charge in [0.2, 0.25) is 0 Å². The van der Waals surface area contributed by atoms with E-state index in [0.717, 1.165) is 12.1 Å². The summed E-state index contributed by atoms with van der Waals surface area (Å²) in [5, 5.41) is 0.120. The number of ether oxygens (including phenoxy) is 2. The smallest absolute Gasteiger partial charge is 0.264 e. The van der Waals surface area contributed by atoms with Gasteiger partial charge in [0.25, 0.3) is 10.0 Å². The zero-order chi connectivity index (χ0) is 16.3. The molecule has 0 aromatic heterocycles. The van der Waals surface area contributed by atoms with E-state index in [9.17, 15) is 12.8 Å². The Balaban J connectivity index is 2.39. The molecule has 0 saturated carbocycles. The molecule has 0 bridgehead atoms. The molecule has 0 aliphatic heterocycles. The maximum atomic E-state index is 13.7. The fourth-order valence-electron chi connectivity index (χ4n) is 1.79. The van der Waals surface area contributed by atoms with Crippen molar-refractivity contribution in [3.05, 3.63) is 47.2 Å². The molecule has 0 unspecified atom stereocenters. The molecule has 0 atom stereocenters. The Morgan fingerprint density at radius 1 is 1.05 bits per heavy atom. The summed E-state index contributed by atoms with van der Waals surface area (Å²) in [6.45, 7) is 0. The van der Waals surface area contributed by atoms with Gasteiger partial charge >= 0.3 is 0 Å². The third kappa shape index (κ3) is 3.42. The number of hydrogen-bond donors (Lipinski definition) is 1. The molecule has 0 saturated heterocycles. The molecule has 0 aliphatic carbocycles. The van der Waals surface area contributed by atoms with Crippen LogP contribution in [0.2, 0.25) is 5.02 Å². The number of sulfonamides is 1. The molecule has 1 N–H and O–H groups in total. The van der Waals surface area contributed by atoms with Crippen LogP contribution in [0.3, 0.4) is 0 Å². The van der Waals surface area contributed by atoms with E-state index in [-0.39, 0.29) is 10.7 Å². The van der Waals surface area contributed by atoms with Gasteiger partial charge in [-0.05, 0) is 30.3 Å². The van der Waals surface area contributed by atoms with Crippen molar-refractivity contribution in [2.75, 3.05) is 18.9 Å². The molecule has 0 heterocycles. The predicted molar refractivity (Wildman–Crippen MR) is 81.8 cm³/mol. The molecule has 2 aromatic carbocycles. The largest absolute Gasteiger partial charge is 0.493 e. The summed E-state index contributed by atoms with van der Waals surface area (Å²) in [5.74, 6) is -0.106. The third-order valence-electron chi connectivity index (χ3n) is 2.82. The van der Waals surface area contributed by atoms with Crippen molar-refractivity contribution >= 4 is 27.3 Å². The first-order valence-corrected chi connectivity index (χ1v) is 7.93. The van der Waals surface area contributed by atoms with E-state index < -0.39 is 20.7 Å². The summed E-state index contributed by atoms with van der Waals surface area (Å²) >= 11 is 5.72. The highest BCUT2D eigenvalue weighted by Crippen LogP contribution is 2.31. The van der Waals surface area contributed by atoms with Gasteiger partial charge in [-0.2, -0.15) is 0 Å². The number of rotatable bonds is 5. The van der Waals surface area contributed by atoms with Crippen LogP contribution in [-0.4, -0.2) is 22.6 Å². The molecule has 0 amide bonds. The van der Waals surface area contributed by atoms with E-state index in [1.165, 1.54) is 38.5 Å². The molecule has 0 radical (unpaired) electrons. The first kappa shape index (κ1) is 16.4. The second-order valence-electron chi connectivity index (χ2n) is 4.25. The topological polar surface area (TPSA) is 64.6 Å². The average molecular weight is 346 g/mol. The summed E-state index contributed by atoms with van der Waals surface area (Å²) in [4.78, 5) is -0.533. The second kappa shape index (κ2) is 6.41. The molecule has 5 nitrogen and oxygen atoms in total. The van der Waals surface area contributed by atoms with Crippen molar-refractivity contribution in [3.8, 4) is 11.5 Å². The van der Waals surface area contributed by atoms with Crippen LogP contribution in [0.5, 0.6) is 11.5 Å². The minimum absolute atomic E-state index is 0.120. The van der Waals surface area contributed by atoms with Crippen LogP contribution in [0.25, 0.3) is 0 Å². The van der Waals surface area contributed by atoms with Gasteiger partial charge in [0, 0.05) is 11.1 Å². The zero-order valence-electron chi connectivity index (χ0n) is 11.8. The lowest BCUT2D eigenvalue weighted by atomic mass is 10.3. The number of benzene rings is 2. The Hall–Kier alpha value is -1.99. The fourth-order valence-corrected chi connectivity index (χ4v) is 3.18. The van der Waals surface area contributed by atoms with Crippen molar-refractivity contribution < 1.29 is 22.3 Å². The number of halogens is 2. The second-order valence-corrected chi connectivity index (χ2v) is 6.34. The molecule has 2 aromatic rings. The highest BCUT2D eigenvalue weighted by atomic mass is 35.5. The van der Waals surface area contributed by atoms with Gasteiger partial charge in [0.1, 0.15) is 10.7 Å².